The molecular weight excluding hydrogens is 393 g/mol. The SMILES string of the molecule is O=S(=O)(O)c1cc(S(=O)(=O)c2ccc(C(F)(F)F)cc2)ccc1Cl. The lowest BCUT2D eigenvalue weighted by molar-refractivity contribution is -0.137. The summed E-state index contributed by atoms with van der Waals surface area (Å²) < 4.78 is 93.7. The normalized spacial score (nSPS) is 13.0. The molecule has 0 unspecified atom stereocenters. The number of rotatable bonds is 3. The van der Waals surface area contributed by atoms with E-state index in [9.17, 15) is 30.0 Å². The smallest absolute Gasteiger partial charge is 0.282 e. The van der Waals surface area contributed by atoms with Gasteiger partial charge < -0.3 is 0 Å². The van der Waals surface area contributed by atoms with Crippen LogP contribution in [0.1, 0.15) is 5.56 Å². The van der Waals surface area contributed by atoms with Gasteiger partial charge in [0.25, 0.3) is 10.1 Å². The molecule has 130 valence electrons. The predicted octanol–water partition coefficient (Wildman–Crippen LogP) is 3.44. The zero-order chi connectivity index (χ0) is 18.3. The highest BCUT2D eigenvalue weighted by Gasteiger charge is 2.31. The molecule has 24 heavy (non-hydrogen) atoms. The average molecular weight is 401 g/mol. The molecule has 0 radical (unpaired) electrons. The van der Waals surface area contributed by atoms with Gasteiger partial charge in [-0.1, -0.05) is 11.6 Å². The van der Waals surface area contributed by atoms with Crippen LogP contribution < -0.4 is 0 Å². The zero-order valence-electron chi connectivity index (χ0n) is 11.5. The minimum absolute atomic E-state index is 0.399. The van der Waals surface area contributed by atoms with Crippen molar-refractivity contribution in [3.05, 3.63) is 53.1 Å². The lowest BCUT2D eigenvalue weighted by Gasteiger charge is -2.09. The first-order chi connectivity index (χ1) is 10.8. The standard InChI is InChI=1S/C13H8ClF3O5S2/c14-11-6-5-10(7-12(11)24(20,21)22)23(18,19)9-3-1-8(2-4-9)13(15,16)17/h1-7H,(H,20,21,22). The second-order valence-corrected chi connectivity index (χ2v) is 8.34. The van der Waals surface area contributed by atoms with E-state index in [1.165, 1.54) is 0 Å². The highest BCUT2D eigenvalue weighted by Crippen LogP contribution is 2.32. The number of alkyl halides is 3. The molecule has 0 atom stereocenters. The van der Waals surface area contributed by atoms with E-state index in [1.54, 1.807) is 0 Å². The van der Waals surface area contributed by atoms with Gasteiger partial charge in [0.1, 0.15) is 4.90 Å². The maximum atomic E-state index is 12.5. The van der Waals surface area contributed by atoms with Gasteiger partial charge >= 0.3 is 6.18 Å². The largest absolute Gasteiger partial charge is 0.416 e. The van der Waals surface area contributed by atoms with Crippen molar-refractivity contribution in [3.8, 4) is 0 Å². The summed E-state index contributed by atoms with van der Waals surface area (Å²) >= 11 is 5.59. The Morgan fingerprint density at radius 1 is 0.875 bits per heavy atom. The van der Waals surface area contributed by atoms with E-state index in [-0.39, 0.29) is 0 Å². The Hall–Kier alpha value is -1.62. The third-order valence-electron chi connectivity index (χ3n) is 2.98. The Bertz CT molecular complexity index is 981. The Morgan fingerprint density at radius 3 is 1.83 bits per heavy atom. The summed E-state index contributed by atoms with van der Waals surface area (Å²) in [5.41, 5.74) is -1.03. The molecule has 0 saturated carbocycles. The number of hydrogen-bond acceptors (Lipinski definition) is 4. The van der Waals surface area contributed by atoms with E-state index >= 15 is 0 Å². The predicted molar refractivity (Wildman–Crippen MR) is 78.2 cm³/mol. The van der Waals surface area contributed by atoms with Crippen LogP contribution in [0.4, 0.5) is 13.2 Å². The van der Waals surface area contributed by atoms with Crippen molar-refractivity contribution in [2.45, 2.75) is 20.9 Å². The van der Waals surface area contributed by atoms with Crippen LogP contribution in [0.2, 0.25) is 5.02 Å². The molecule has 2 rings (SSSR count). The molecule has 0 spiro atoms. The van der Waals surface area contributed by atoms with E-state index in [0.717, 1.165) is 24.3 Å². The van der Waals surface area contributed by atoms with Gasteiger partial charge in [-0.25, -0.2) is 8.42 Å². The Labute approximate surface area is 140 Å². The quantitative estimate of drug-likeness (QED) is 0.797. The van der Waals surface area contributed by atoms with Crippen molar-refractivity contribution in [3.63, 3.8) is 0 Å². The van der Waals surface area contributed by atoms with Crippen molar-refractivity contribution >= 4 is 31.6 Å². The van der Waals surface area contributed by atoms with Gasteiger partial charge in [-0.05, 0) is 42.5 Å². The molecule has 2 aromatic carbocycles. The average Bonchev–Trinajstić information content (AvgIpc) is 2.45. The first-order valence-electron chi connectivity index (χ1n) is 6.03. The van der Waals surface area contributed by atoms with Crippen LogP contribution in [0.15, 0.2) is 57.2 Å². The van der Waals surface area contributed by atoms with Gasteiger partial charge in [-0.2, -0.15) is 21.6 Å². The van der Waals surface area contributed by atoms with Gasteiger partial charge in [0.15, 0.2) is 0 Å². The summed E-state index contributed by atoms with van der Waals surface area (Å²) in [7, 11) is -9.07. The third kappa shape index (κ3) is 3.72. The zero-order valence-corrected chi connectivity index (χ0v) is 13.8. The van der Waals surface area contributed by atoms with Crippen LogP contribution >= 0.6 is 11.6 Å². The number of benzene rings is 2. The van der Waals surface area contributed by atoms with Crippen LogP contribution in [0.25, 0.3) is 0 Å². The fourth-order valence-corrected chi connectivity index (χ4v) is 4.17. The molecule has 5 nitrogen and oxygen atoms in total. The van der Waals surface area contributed by atoms with Crippen molar-refractivity contribution < 1.29 is 34.6 Å². The molecule has 0 aliphatic heterocycles. The van der Waals surface area contributed by atoms with E-state index in [2.05, 4.69) is 0 Å². The minimum Gasteiger partial charge on any atom is -0.282 e. The maximum Gasteiger partial charge on any atom is 0.416 e. The van der Waals surface area contributed by atoms with E-state index in [0.29, 0.717) is 18.2 Å². The van der Waals surface area contributed by atoms with Crippen molar-refractivity contribution in [1.82, 2.24) is 0 Å². The molecule has 0 aliphatic rings. The number of halogens is 4. The van der Waals surface area contributed by atoms with E-state index in [4.69, 9.17) is 16.2 Å². The van der Waals surface area contributed by atoms with Gasteiger partial charge in [-0.15, -0.1) is 0 Å². The van der Waals surface area contributed by atoms with Gasteiger partial charge in [0.2, 0.25) is 9.84 Å². The second kappa shape index (κ2) is 6.03. The van der Waals surface area contributed by atoms with Gasteiger partial charge in [-0.3, -0.25) is 4.55 Å². The molecule has 1 N–H and O–H groups in total. The lowest BCUT2D eigenvalue weighted by atomic mass is 10.2. The minimum atomic E-state index is -4.77. The van der Waals surface area contributed by atoms with Crippen molar-refractivity contribution in [2.24, 2.45) is 0 Å². The molecule has 0 aromatic heterocycles. The van der Waals surface area contributed by atoms with Crippen LogP contribution in [0.5, 0.6) is 0 Å². The van der Waals surface area contributed by atoms with Crippen LogP contribution in [0.3, 0.4) is 0 Å². The van der Waals surface area contributed by atoms with Crippen LogP contribution in [0, 0.1) is 0 Å². The Balaban J connectivity index is 2.56. The Morgan fingerprint density at radius 2 is 1.38 bits per heavy atom. The topological polar surface area (TPSA) is 88.5 Å². The molecule has 0 heterocycles. The summed E-state index contributed by atoms with van der Waals surface area (Å²) in [6.07, 6.45) is -4.62. The molecular formula is C13H8ClF3O5S2. The number of sulfone groups is 1. The van der Waals surface area contributed by atoms with Crippen molar-refractivity contribution in [2.75, 3.05) is 0 Å². The number of hydrogen-bond donors (Lipinski definition) is 1. The first kappa shape index (κ1) is 18.7. The van der Waals surface area contributed by atoms with Crippen LogP contribution in [-0.4, -0.2) is 21.4 Å². The molecule has 2 aromatic rings. The molecule has 0 amide bonds. The fraction of sp³-hybridized carbons (Fsp3) is 0.0769. The second-order valence-electron chi connectivity index (χ2n) is 4.59. The lowest BCUT2D eigenvalue weighted by Crippen LogP contribution is -2.08. The monoisotopic (exact) mass is 400 g/mol. The van der Waals surface area contributed by atoms with Crippen LogP contribution in [-0.2, 0) is 26.1 Å². The molecule has 0 saturated heterocycles. The molecule has 0 aliphatic carbocycles. The summed E-state index contributed by atoms with van der Waals surface area (Å²) in [6.45, 7) is 0. The summed E-state index contributed by atoms with van der Waals surface area (Å²) in [5, 5.41) is -0.399. The summed E-state index contributed by atoms with van der Waals surface area (Å²) in [4.78, 5) is -1.84. The van der Waals surface area contributed by atoms with Gasteiger partial charge in [0, 0.05) is 0 Å². The van der Waals surface area contributed by atoms with E-state index in [1.807, 2.05) is 0 Å². The maximum absolute atomic E-state index is 12.5. The first-order valence-corrected chi connectivity index (χ1v) is 9.33. The Kier molecular flexibility index (Phi) is 4.70. The van der Waals surface area contributed by atoms with E-state index < -0.39 is 51.4 Å². The highest BCUT2D eigenvalue weighted by molar-refractivity contribution is 7.91. The fourth-order valence-electron chi connectivity index (χ4n) is 1.81. The summed E-state index contributed by atoms with van der Waals surface area (Å²) in [5.74, 6) is 0. The highest BCUT2D eigenvalue weighted by atomic mass is 35.5. The molecule has 11 heteroatoms. The molecule has 0 bridgehead atoms. The van der Waals surface area contributed by atoms with Gasteiger partial charge in [0.05, 0.1) is 20.4 Å². The summed E-state index contributed by atoms with van der Waals surface area (Å²) in [6, 6.07) is 5.23. The van der Waals surface area contributed by atoms with Crippen molar-refractivity contribution in [1.29, 1.82) is 0 Å². The molecule has 0 fully saturated rings. The third-order valence-corrected chi connectivity index (χ3v) is 6.09.